The smallest absolute Gasteiger partial charge is 0.0544 e. The van der Waals surface area contributed by atoms with Crippen molar-refractivity contribution in [2.45, 2.75) is 0 Å². The van der Waals surface area contributed by atoms with Crippen LogP contribution in [0.25, 0.3) is 44.1 Å². The second kappa shape index (κ2) is 5.64. The van der Waals surface area contributed by atoms with Crippen molar-refractivity contribution in [1.29, 1.82) is 0 Å². The molecule has 0 radical (unpaired) electrons. The van der Waals surface area contributed by atoms with Crippen molar-refractivity contribution in [3.05, 3.63) is 97.1 Å². The Bertz CT molecular complexity index is 1170. The van der Waals surface area contributed by atoms with Gasteiger partial charge in [0.2, 0.25) is 0 Å². The van der Waals surface area contributed by atoms with Crippen LogP contribution in [0.3, 0.4) is 0 Å². The molecule has 5 aromatic rings. The van der Waals surface area contributed by atoms with Crippen LogP contribution in [-0.4, -0.2) is 4.98 Å². The minimum absolute atomic E-state index is 1.18. The highest BCUT2D eigenvalue weighted by atomic mass is 14.7. The van der Waals surface area contributed by atoms with Crippen molar-refractivity contribution < 1.29 is 0 Å². The van der Waals surface area contributed by atoms with Gasteiger partial charge in [0, 0.05) is 21.9 Å². The summed E-state index contributed by atoms with van der Waals surface area (Å²) < 4.78 is 0. The Hall–Kier alpha value is -3.32. The van der Waals surface area contributed by atoms with Crippen molar-refractivity contribution >= 4 is 21.8 Å². The van der Waals surface area contributed by atoms with E-state index in [0.29, 0.717) is 0 Å². The van der Waals surface area contributed by atoms with E-state index in [1.54, 1.807) is 0 Å². The second-order valence-corrected chi connectivity index (χ2v) is 6.35. The van der Waals surface area contributed by atoms with Gasteiger partial charge >= 0.3 is 0 Å². The van der Waals surface area contributed by atoms with Gasteiger partial charge in [-0.15, -0.1) is 0 Å². The van der Waals surface area contributed by atoms with Crippen molar-refractivity contribution in [3.8, 4) is 22.3 Å². The lowest BCUT2D eigenvalue weighted by Gasteiger charge is -2.09. The molecular formula is C24H17N. The van der Waals surface area contributed by atoms with E-state index in [1.165, 1.54) is 44.1 Å². The topological polar surface area (TPSA) is 15.8 Å². The average Bonchev–Trinajstić information content (AvgIpc) is 3.07. The number of benzene rings is 4. The zero-order valence-electron chi connectivity index (χ0n) is 13.7. The molecule has 0 aliphatic rings. The van der Waals surface area contributed by atoms with Gasteiger partial charge in [0.1, 0.15) is 0 Å². The molecule has 0 aliphatic heterocycles. The highest BCUT2D eigenvalue weighted by molar-refractivity contribution is 6.13. The molecule has 0 bridgehead atoms. The quantitative estimate of drug-likeness (QED) is 0.374. The lowest BCUT2D eigenvalue weighted by Crippen LogP contribution is -1.84. The van der Waals surface area contributed by atoms with Gasteiger partial charge in [-0.25, -0.2) is 0 Å². The standard InChI is InChI=1S/C24H17N/c1-3-9-17(10-4-1)19-15-21(18-11-5-2-6-12-18)24-22(16-19)20-13-7-8-14-23(20)25-24/h1-16,25H. The molecule has 0 fully saturated rings. The predicted molar refractivity (Wildman–Crippen MR) is 107 cm³/mol. The molecular weight excluding hydrogens is 302 g/mol. The van der Waals surface area contributed by atoms with E-state index in [-0.39, 0.29) is 0 Å². The molecule has 1 aromatic heterocycles. The molecule has 1 nitrogen and oxygen atoms in total. The number of aromatic amines is 1. The fourth-order valence-electron chi connectivity index (χ4n) is 3.59. The highest BCUT2D eigenvalue weighted by Gasteiger charge is 2.12. The first-order valence-corrected chi connectivity index (χ1v) is 8.55. The van der Waals surface area contributed by atoms with E-state index in [9.17, 15) is 0 Å². The van der Waals surface area contributed by atoms with Gasteiger partial charge in [0.05, 0.1) is 5.52 Å². The van der Waals surface area contributed by atoms with E-state index in [2.05, 4.69) is 102 Å². The minimum atomic E-state index is 1.18. The Labute approximate surface area is 146 Å². The fraction of sp³-hybridized carbons (Fsp3) is 0. The maximum Gasteiger partial charge on any atom is 0.0544 e. The Balaban J connectivity index is 1.90. The van der Waals surface area contributed by atoms with Gasteiger partial charge < -0.3 is 4.98 Å². The lowest BCUT2D eigenvalue weighted by molar-refractivity contribution is 1.53. The second-order valence-electron chi connectivity index (χ2n) is 6.35. The molecule has 0 saturated heterocycles. The van der Waals surface area contributed by atoms with Crippen molar-refractivity contribution in [2.75, 3.05) is 0 Å². The fourth-order valence-corrected chi connectivity index (χ4v) is 3.59. The maximum absolute atomic E-state index is 3.62. The third kappa shape index (κ3) is 2.33. The largest absolute Gasteiger partial charge is 0.354 e. The summed E-state index contributed by atoms with van der Waals surface area (Å²) in [6, 6.07) is 34.3. The third-order valence-electron chi connectivity index (χ3n) is 4.81. The number of H-pyrrole nitrogens is 1. The number of rotatable bonds is 2. The van der Waals surface area contributed by atoms with Gasteiger partial charge in [-0.05, 0) is 34.9 Å². The molecule has 0 amide bonds. The summed E-state index contributed by atoms with van der Waals surface area (Å²) in [6.07, 6.45) is 0. The van der Waals surface area contributed by atoms with E-state index < -0.39 is 0 Å². The summed E-state index contributed by atoms with van der Waals surface area (Å²) in [5.74, 6) is 0. The molecule has 5 rings (SSSR count). The number of aromatic nitrogens is 1. The monoisotopic (exact) mass is 319 g/mol. The summed E-state index contributed by atoms with van der Waals surface area (Å²) in [7, 11) is 0. The van der Waals surface area contributed by atoms with Crippen molar-refractivity contribution in [2.24, 2.45) is 0 Å². The summed E-state index contributed by atoms with van der Waals surface area (Å²) in [4.78, 5) is 3.62. The molecule has 118 valence electrons. The van der Waals surface area contributed by atoms with E-state index >= 15 is 0 Å². The van der Waals surface area contributed by atoms with Gasteiger partial charge in [0.25, 0.3) is 0 Å². The first-order chi connectivity index (χ1) is 12.4. The predicted octanol–water partition coefficient (Wildman–Crippen LogP) is 6.66. The number of nitrogens with one attached hydrogen (secondary N) is 1. The zero-order chi connectivity index (χ0) is 16.6. The summed E-state index contributed by atoms with van der Waals surface area (Å²) in [6.45, 7) is 0. The third-order valence-corrected chi connectivity index (χ3v) is 4.81. The molecule has 0 aliphatic carbocycles. The highest BCUT2D eigenvalue weighted by Crippen LogP contribution is 2.37. The molecule has 1 N–H and O–H groups in total. The Morgan fingerprint density at radius 2 is 1.12 bits per heavy atom. The van der Waals surface area contributed by atoms with Crippen LogP contribution in [0.1, 0.15) is 0 Å². The van der Waals surface area contributed by atoms with Crippen LogP contribution in [0, 0.1) is 0 Å². The van der Waals surface area contributed by atoms with E-state index in [1.807, 2.05) is 0 Å². The van der Waals surface area contributed by atoms with E-state index in [4.69, 9.17) is 0 Å². The maximum atomic E-state index is 3.62. The number of hydrogen-bond donors (Lipinski definition) is 1. The molecule has 1 heterocycles. The van der Waals surface area contributed by atoms with Crippen LogP contribution in [-0.2, 0) is 0 Å². The molecule has 0 saturated carbocycles. The average molecular weight is 319 g/mol. The Morgan fingerprint density at radius 3 is 1.88 bits per heavy atom. The van der Waals surface area contributed by atoms with Gasteiger partial charge in [0.15, 0.2) is 0 Å². The molecule has 4 aromatic carbocycles. The first kappa shape index (κ1) is 14.1. The molecule has 0 atom stereocenters. The zero-order valence-corrected chi connectivity index (χ0v) is 13.7. The molecule has 0 spiro atoms. The SMILES string of the molecule is c1ccc(-c2cc(-c3ccccc3)c3[nH]c4ccccc4c3c2)cc1. The number of para-hydroxylation sites is 1. The summed E-state index contributed by atoms with van der Waals surface area (Å²) >= 11 is 0. The van der Waals surface area contributed by atoms with Crippen LogP contribution < -0.4 is 0 Å². The van der Waals surface area contributed by atoms with Crippen molar-refractivity contribution in [3.63, 3.8) is 0 Å². The van der Waals surface area contributed by atoms with Crippen LogP contribution in [0.5, 0.6) is 0 Å². The van der Waals surface area contributed by atoms with Crippen LogP contribution in [0.15, 0.2) is 97.1 Å². The molecule has 25 heavy (non-hydrogen) atoms. The van der Waals surface area contributed by atoms with Crippen LogP contribution in [0.4, 0.5) is 0 Å². The Morgan fingerprint density at radius 1 is 0.480 bits per heavy atom. The number of hydrogen-bond acceptors (Lipinski definition) is 0. The summed E-state index contributed by atoms with van der Waals surface area (Å²) in [5, 5.41) is 2.54. The Kier molecular flexibility index (Phi) is 3.17. The van der Waals surface area contributed by atoms with E-state index in [0.717, 1.165) is 0 Å². The van der Waals surface area contributed by atoms with Crippen LogP contribution >= 0.6 is 0 Å². The normalized spacial score (nSPS) is 11.2. The summed E-state index contributed by atoms with van der Waals surface area (Å²) in [5.41, 5.74) is 7.35. The van der Waals surface area contributed by atoms with Crippen LogP contribution in [0.2, 0.25) is 0 Å². The van der Waals surface area contributed by atoms with Gasteiger partial charge in [-0.2, -0.15) is 0 Å². The minimum Gasteiger partial charge on any atom is -0.354 e. The van der Waals surface area contributed by atoms with Gasteiger partial charge in [-0.3, -0.25) is 0 Å². The number of fused-ring (bicyclic) bond motifs is 3. The lowest BCUT2D eigenvalue weighted by atomic mass is 9.95. The first-order valence-electron chi connectivity index (χ1n) is 8.55. The molecule has 0 unspecified atom stereocenters. The van der Waals surface area contributed by atoms with Crippen molar-refractivity contribution in [1.82, 2.24) is 4.98 Å². The molecule has 1 heteroatoms. The van der Waals surface area contributed by atoms with Gasteiger partial charge in [-0.1, -0.05) is 78.9 Å².